The Balaban J connectivity index is 1.97. The number of piperidine rings is 1. The van der Waals surface area contributed by atoms with Crippen LogP contribution in [0.2, 0.25) is 0 Å². The molecule has 0 radical (unpaired) electrons. The van der Waals surface area contributed by atoms with Crippen molar-refractivity contribution < 1.29 is 0 Å². The Morgan fingerprint density at radius 3 is 2.56 bits per heavy atom. The summed E-state index contributed by atoms with van der Waals surface area (Å²) in [6, 6.07) is 0.904. The molecule has 94 valence electrons. The summed E-state index contributed by atoms with van der Waals surface area (Å²) in [5.41, 5.74) is 0.377. The molecule has 1 saturated carbocycles. The third-order valence-electron chi connectivity index (χ3n) is 4.42. The van der Waals surface area contributed by atoms with Gasteiger partial charge in [0, 0.05) is 12.6 Å². The van der Waals surface area contributed by atoms with Crippen LogP contribution in [0.3, 0.4) is 0 Å². The lowest BCUT2D eigenvalue weighted by atomic mass is 9.77. The van der Waals surface area contributed by atoms with Crippen LogP contribution in [0.1, 0.15) is 52.4 Å². The molecule has 2 atom stereocenters. The predicted molar refractivity (Wildman–Crippen MR) is 74.2 cm³/mol. The summed E-state index contributed by atoms with van der Waals surface area (Å²) < 4.78 is 0. The van der Waals surface area contributed by atoms with Gasteiger partial charge < -0.3 is 0 Å². The largest absolute Gasteiger partial charge is 0.300 e. The molecule has 2 fully saturated rings. The van der Waals surface area contributed by atoms with Crippen LogP contribution in [0.25, 0.3) is 0 Å². The number of hydrogen-bond acceptors (Lipinski definition) is 2. The average Bonchev–Trinajstić information content (AvgIpc) is 2.29. The van der Waals surface area contributed by atoms with Crippen LogP contribution < -0.4 is 0 Å². The summed E-state index contributed by atoms with van der Waals surface area (Å²) in [6.07, 6.45) is 8.78. The van der Waals surface area contributed by atoms with E-state index in [1.807, 2.05) is 0 Å². The van der Waals surface area contributed by atoms with Crippen molar-refractivity contribution in [3.8, 4) is 0 Å². The van der Waals surface area contributed by atoms with Gasteiger partial charge in [-0.2, -0.15) is 12.6 Å². The fraction of sp³-hybridized carbons (Fsp3) is 1.00. The molecular weight excluding hydrogens is 214 g/mol. The molecule has 0 amide bonds. The summed E-state index contributed by atoms with van der Waals surface area (Å²) in [5.74, 6) is 2.01. The Bertz CT molecular complexity index is 225. The minimum atomic E-state index is 0.377. The van der Waals surface area contributed by atoms with Crippen LogP contribution >= 0.6 is 12.6 Å². The highest BCUT2D eigenvalue weighted by Gasteiger charge is 2.35. The molecule has 1 saturated heterocycles. The molecule has 1 aliphatic heterocycles. The zero-order chi connectivity index (χ0) is 11.6. The molecular formula is C14H27NS. The van der Waals surface area contributed by atoms with E-state index in [1.54, 1.807) is 0 Å². The lowest BCUT2D eigenvalue weighted by Gasteiger charge is -2.46. The first kappa shape index (κ1) is 12.8. The highest BCUT2D eigenvalue weighted by Crippen LogP contribution is 2.36. The first-order valence-electron chi connectivity index (χ1n) is 6.97. The van der Waals surface area contributed by atoms with Gasteiger partial charge in [-0.3, -0.25) is 4.90 Å². The normalized spacial score (nSPS) is 32.4. The van der Waals surface area contributed by atoms with Crippen molar-refractivity contribution >= 4 is 12.6 Å². The highest BCUT2D eigenvalue weighted by atomic mass is 32.1. The minimum Gasteiger partial charge on any atom is -0.300 e. The van der Waals surface area contributed by atoms with Gasteiger partial charge in [0.25, 0.3) is 0 Å². The molecule has 0 aromatic heterocycles. The summed E-state index contributed by atoms with van der Waals surface area (Å²) >= 11 is 4.49. The van der Waals surface area contributed by atoms with Gasteiger partial charge in [-0.05, 0) is 49.3 Å². The summed E-state index contributed by atoms with van der Waals surface area (Å²) in [4.78, 5) is 2.78. The Labute approximate surface area is 106 Å². The maximum absolute atomic E-state index is 4.49. The molecule has 2 heteroatoms. The second kappa shape index (κ2) is 5.30. The van der Waals surface area contributed by atoms with Crippen LogP contribution in [-0.2, 0) is 0 Å². The van der Waals surface area contributed by atoms with E-state index >= 15 is 0 Å². The van der Waals surface area contributed by atoms with Gasteiger partial charge in [-0.1, -0.05) is 26.7 Å². The molecule has 2 rings (SSSR count). The highest BCUT2D eigenvalue weighted by molar-refractivity contribution is 7.80. The molecule has 0 aromatic carbocycles. The first-order valence-corrected chi connectivity index (χ1v) is 7.60. The van der Waals surface area contributed by atoms with Crippen LogP contribution in [0.5, 0.6) is 0 Å². The SMILES string of the molecule is CC(C)(CS)CN1CCCC2CCCCC21. The van der Waals surface area contributed by atoms with Crippen molar-refractivity contribution in [2.75, 3.05) is 18.8 Å². The van der Waals surface area contributed by atoms with Gasteiger partial charge in [0.2, 0.25) is 0 Å². The number of rotatable bonds is 3. The molecule has 0 spiro atoms. The third-order valence-corrected chi connectivity index (χ3v) is 5.27. The van der Waals surface area contributed by atoms with Crippen molar-refractivity contribution in [3.05, 3.63) is 0 Å². The van der Waals surface area contributed by atoms with Gasteiger partial charge in [0.05, 0.1) is 0 Å². The standard InChI is InChI=1S/C14H27NS/c1-14(2,11-16)10-15-9-5-7-12-6-3-4-8-13(12)15/h12-13,16H,3-11H2,1-2H3. The number of nitrogens with zero attached hydrogens (tertiary/aromatic N) is 1. The Morgan fingerprint density at radius 2 is 1.81 bits per heavy atom. The van der Waals surface area contributed by atoms with Crippen molar-refractivity contribution in [3.63, 3.8) is 0 Å². The molecule has 1 heterocycles. The summed E-state index contributed by atoms with van der Waals surface area (Å²) in [5, 5.41) is 0. The number of hydrogen-bond donors (Lipinski definition) is 1. The lowest BCUT2D eigenvalue weighted by Crippen LogP contribution is -2.50. The van der Waals surface area contributed by atoms with Gasteiger partial charge in [0.15, 0.2) is 0 Å². The van der Waals surface area contributed by atoms with E-state index in [1.165, 1.54) is 51.6 Å². The second-order valence-electron chi connectivity index (χ2n) is 6.55. The topological polar surface area (TPSA) is 3.24 Å². The van der Waals surface area contributed by atoms with Gasteiger partial charge in [-0.15, -0.1) is 0 Å². The summed E-state index contributed by atoms with van der Waals surface area (Å²) in [7, 11) is 0. The fourth-order valence-corrected chi connectivity index (χ4v) is 3.62. The van der Waals surface area contributed by atoms with E-state index in [0.717, 1.165) is 17.7 Å². The minimum absolute atomic E-state index is 0.377. The number of likely N-dealkylation sites (tertiary alicyclic amines) is 1. The van der Waals surface area contributed by atoms with E-state index in [9.17, 15) is 0 Å². The maximum atomic E-state index is 4.49. The Hall–Kier alpha value is 0.310. The number of thiol groups is 1. The van der Waals surface area contributed by atoms with Crippen LogP contribution in [-0.4, -0.2) is 29.8 Å². The molecule has 0 N–H and O–H groups in total. The lowest BCUT2D eigenvalue weighted by molar-refractivity contribution is 0.0370. The van der Waals surface area contributed by atoms with E-state index in [-0.39, 0.29) is 0 Å². The quantitative estimate of drug-likeness (QED) is 0.739. The van der Waals surface area contributed by atoms with Crippen molar-refractivity contribution in [2.24, 2.45) is 11.3 Å². The van der Waals surface area contributed by atoms with Gasteiger partial charge >= 0.3 is 0 Å². The zero-order valence-corrected chi connectivity index (χ0v) is 11.8. The Morgan fingerprint density at radius 1 is 1.12 bits per heavy atom. The number of fused-ring (bicyclic) bond motifs is 1. The smallest absolute Gasteiger partial charge is 0.0124 e. The van der Waals surface area contributed by atoms with E-state index in [4.69, 9.17) is 0 Å². The zero-order valence-electron chi connectivity index (χ0n) is 10.9. The van der Waals surface area contributed by atoms with E-state index < -0.39 is 0 Å². The van der Waals surface area contributed by atoms with Crippen LogP contribution in [0.4, 0.5) is 0 Å². The first-order chi connectivity index (χ1) is 7.62. The fourth-order valence-electron chi connectivity index (χ4n) is 3.52. The maximum Gasteiger partial charge on any atom is 0.0124 e. The van der Waals surface area contributed by atoms with Crippen LogP contribution in [0.15, 0.2) is 0 Å². The predicted octanol–water partition coefficient (Wildman–Crippen LogP) is 3.60. The molecule has 2 unspecified atom stereocenters. The monoisotopic (exact) mass is 241 g/mol. The van der Waals surface area contributed by atoms with Crippen molar-refractivity contribution in [1.82, 2.24) is 4.90 Å². The summed E-state index contributed by atoms with van der Waals surface area (Å²) in [6.45, 7) is 7.29. The van der Waals surface area contributed by atoms with Gasteiger partial charge in [0.1, 0.15) is 0 Å². The molecule has 2 aliphatic rings. The van der Waals surface area contributed by atoms with Crippen molar-refractivity contribution in [2.45, 2.75) is 58.4 Å². The second-order valence-corrected chi connectivity index (χ2v) is 6.86. The van der Waals surface area contributed by atoms with Crippen molar-refractivity contribution in [1.29, 1.82) is 0 Å². The van der Waals surface area contributed by atoms with E-state index in [0.29, 0.717) is 5.41 Å². The molecule has 1 nitrogen and oxygen atoms in total. The molecule has 0 bridgehead atoms. The van der Waals surface area contributed by atoms with Gasteiger partial charge in [-0.25, -0.2) is 0 Å². The van der Waals surface area contributed by atoms with Crippen LogP contribution in [0, 0.1) is 11.3 Å². The third kappa shape index (κ3) is 2.95. The molecule has 0 aromatic rings. The molecule has 1 aliphatic carbocycles. The van der Waals surface area contributed by atoms with E-state index in [2.05, 4.69) is 31.4 Å². The molecule has 16 heavy (non-hydrogen) atoms. The average molecular weight is 241 g/mol. The Kier molecular flexibility index (Phi) is 4.23.